The molecule has 0 aliphatic heterocycles. The number of benzene rings is 2. The summed E-state index contributed by atoms with van der Waals surface area (Å²) in [5.74, 6) is 0.0128. The summed E-state index contributed by atoms with van der Waals surface area (Å²) in [6.45, 7) is 2.36. The fraction of sp³-hybridized carbons (Fsp3) is 0.188. The van der Waals surface area contributed by atoms with Crippen LogP contribution in [-0.2, 0) is 11.3 Å². The SMILES string of the molecule is C[C@H](Sc1ccccc1)C(=O)NCc1ccccc1Cl. The van der Waals surface area contributed by atoms with Crippen molar-refractivity contribution < 1.29 is 4.79 Å². The molecule has 1 N–H and O–H groups in total. The Morgan fingerprint density at radius 2 is 1.80 bits per heavy atom. The normalized spacial score (nSPS) is 11.9. The molecule has 0 aliphatic carbocycles. The van der Waals surface area contributed by atoms with Crippen LogP contribution in [0.2, 0.25) is 5.02 Å². The highest BCUT2D eigenvalue weighted by Gasteiger charge is 2.14. The standard InChI is InChI=1S/C16H16ClNOS/c1-12(20-14-8-3-2-4-9-14)16(19)18-11-13-7-5-6-10-15(13)17/h2-10,12H,11H2,1H3,(H,18,19)/t12-/m0/s1. The zero-order valence-corrected chi connectivity index (χ0v) is 12.7. The van der Waals surface area contributed by atoms with Crippen molar-refractivity contribution in [3.05, 3.63) is 65.2 Å². The Hall–Kier alpha value is -1.45. The molecule has 1 amide bonds. The van der Waals surface area contributed by atoms with Gasteiger partial charge in [-0.25, -0.2) is 0 Å². The largest absolute Gasteiger partial charge is 0.351 e. The summed E-state index contributed by atoms with van der Waals surface area (Å²) in [4.78, 5) is 13.1. The van der Waals surface area contributed by atoms with Crippen molar-refractivity contribution in [2.24, 2.45) is 0 Å². The molecule has 104 valence electrons. The first-order valence-electron chi connectivity index (χ1n) is 6.39. The summed E-state index contributed by atoms with van der Waals surface area (Å²) in [5, 5.41) is 3.45. The third-order valence-electron chi connectivity index (χ3n) is 2.84. The Kier molecular flexibility index (Phi) is 5.50. The van der Waals surface area contributed by atoms with Crippen molar-refractivity contribution in [1.29, 1.82) is 0 Å². The summed E-state index contributed by atoms with van der Waals surface area (Å²) >= 11 is 7.61. The number of halogens is 1. The van der Waals surface area contributed by atoms with E-state index < -0.39 is 0 Å². The predicted molar refractivity (Wildman–Crippen MR) is 85.1 cm³/mol. The van der Waals surface area contributed by atoms with Gasteiger partial charge < -0.3 is 5.32 Å². The van der Waals surface area contributed by atoms with Crippen molar-refractivity contribution in [2.45, 2.75) is 23.6 Å². The molecule has 0 aromatic heterocycles. The number of carbonyl (C=O) groups excluding carboxylic acids is 1. The van der Waals surface area contributed by atoms with Crippen LogP contribution in [0.1, 0.15) is 12.5 Å². The van der Waals surface area contributed by atoms with E-state index in [0.29, 0.717) is 11.6 Å². The van der Waals surface area contributed by atoms with Gasteiger partial charge in [0.2, 0.25) is 5.91 Å². The molecule has 0 bridgehead atoms. The predicted octanol–water partition coefficient (Wildman–Crippen LogP) is 4.14. The quantitative estimate of drug-likeness (QED) is 0.841. The minimum absolute atomic E-state index is 0.0128. The van der Waals surface area contributed by atoms with Crippen LogP contribution in [0.25, 0.3) is 0 Å². The van der Waals surface area contributed by atoms with Gasteiger partial charge in [-0.1, -0.05) is 48.0 Å². The topological polar surface area (TPSA) is 29.1 Å². The lowest BCUT2D eigenvalue weighted by molar-refractivity contribution is -0.120. The molecule has 0 heterocycles. The molecule has 0 fully saturated rings. The number of hydrogen-bond acceptors (Lipinski definition) is 2. The maximum atomic E-state index is 12.1. The van der Waals surface area contributed by atoms with E-state index in [0.717, 1.165) is 10.5 Å². The minimum atomic E-state index is -0.139. The van der Waals surface area contributed by atoms with Crippen molar-refractivity contribution in [3.8, 4) is 0 Å². The van der Waals surface area contributed by atoms with E-state index in [9.17, 15) is 4.79 Å². The van der Waals surface area contributed by atoms with Gasteiger partial charge in [0, 0.05) is 16.5 Å². The first kappa shape index (κ1) is 14.9. The van der Waals surface area contributed by atoms with Crippen LogP contribution >= 0.6 is 23.4 Å². The Morgan fingerprint density at radius 1 is 1.15 bits per heavy atom. The summed E-state index contributed by atoms with van der Waals surface area (Å²) in [6.07, 6.45) is 0. The second-order valence-corrected chi connectivity index (χ2v) is 6.20. The van der Waals surface area contributed by atoms with Crippen LogP contribution in [-0.4, -0.2) is 11.2 Å². The molecule has 0 aliphatic rings. The van der Waals surface area contributed by atoms with Crippen molar-refractivity contribution in [1.82, 2.24) is 5.32 Å². The molecule has 2 aromatic carbocycles. The van der Waals surface area contributed by atoms with E-state index in [2.05, 4.69) is 5.32 Å². The first-order valence-corrected chi connectivity index (χ1v) is 7.65. The molecule has 4 heteroatoms. The van der Waals surface area contributed by atoms with E-state index in [1.807, 2.05) is 61.5 Å². The minimum Gasteiger partial charge on any atom is -0.351 e. The molecule has 0 radical (unpaired) electrons. The van der Waals surface area contributed by atoms with Gasteiger partial charge in [0.25, 0.3) is 0 Å². The van der Waals surface area contributed by atoms with Crippen molar-refractivity contribution >= 4 is 29.3 Å². The molecule has 1 atom stereocenters. The van der Waals surface area contributed by atoms with E-state index in [1.54, 1.807) is 11.8 Å². The lowest BCUT2D eigenvalue weighted by Gasteiger charge is -2.12. The highest BCUT2D eigenvalue weighted by molar-refractivity contribution is 8.00. The third kappa shape index (κ3) is 4.29. The highest BCUT2D eigenvalue weighted by atomic mass is 35.5. The molecule has 0 unspecified atom stereocenters. The molecular weight excluding hydrogens is 290 g/mol. The lowest BCUT2D eigenvalue weighted by Crippen LogP contribution is -2.30. The fourth-order valence-electron chi connectivity index (χ4n) is 1.72. The van der Waals surface area contributed by atoms with Crippen LogP contribution in [0.3, 0.4) is 0 Å². The Bertz CT molecular complexity index is 574. The molecule has 2 nitrogen and oxygen atoms in total. The van der Waals surface area contributed by atoms with Gasteiger partial charge in [0.05, 0.1) is 5.25 Å². The average Bonchev–Trinajstić information content (AvgIpc) is 2.47. The van der Waals surface area contributed by atoms with Crippen LogP contribution in [0.4, 0.5) is 0 Å². The number of amides is 1. The number of hydrogen-bond donors (Lipinski definition) is 1. The van der Waals surface area contributed by atoms with Gasteiger partial charge in [-0.15, -0.1) is 11.8 Å². The molecular formula is C16H16ClNOS. The number of rotatable bonds is 5. The monoisotopic (exact) mass is 305 g/mol. The Labute approximate surface area is 128 Å². The maximum Gasteiger partial charge on any atom is 0.233 e. The zero-order chi connectivity index (χ0) is 14.4. The molecule has 0 saturated carbocycles. The second kappa shape index (κ2) is 7.36. The summed E-state index contributed by atoms with van der Waals surface area (Å²) in [7, 11) is 0. The number of thioether (sulfide) groups is 1. The van der Waals surface area contributed by atoms with Crippen LogP contribution in [0.5, 0.6) is 0 Å². The average molecular weight is 306 g/mol. The lowest BCUT2D eigenvalue weighted by atomic mass is 10.2. The van der Waals surface area contributed by atoms with Crippen LogP contribution in [0.15, 0.2) is 59.5 Å². The van der Waals surface area contributed by atoms with E-state index in [1.165, 1.54) is 0 Å². The molecule has 0 saturated heterocycles. The summed E-state index contributed by atoms with van der Waals surface area (Å²) < 4.78 is 0. The smallest absolute Gasteiger partial charge is 0.233 e. The van der Waals surface area contributed by atoms with E-state index >= 15 is 0 Å². The van der Waals surface area contributed by atoms with Crippen molar-refractivity contribution in [3.63, 3.8) is 0 Å². The van der Waals surface area contributed by atoms with Gasteiger partial charge in [-0.3, -0.25) is 4.79 Å². The molecule has 2 rings (SSSR count). The number of carbonyl (C=O) groups is 1. The molecule has 0 spiro atoms. The maximum absolute atomic E-state index is 12.1. The van der Waals surface area contributed by atoms with Crippen LogP contribution < -0.4 is 5.32 Å². The summed E-state index contributed by atoms with van der Waals surface area (Å²) in [5.41, 5.74) is 0.930. The molecule has 2 aromatic rings. The fourth-order valence-corrected chi connectivity index (χ4v) is 2.84. The van der Waals surface area contributed by atoms with E-state index in [4.69, 9.17) is 11.6 Å². The second-order valence-electron chi connectivity index (χ2n) is 4.38. The van der Waals surface area contributed by atoms with Crippen molar-refractivity contribution in [2.75, 3.05) is 0 Å². The zero-order valence-electron chi connectivity index (χ0n) is 11.2. The van der Waals surface area contributed by atoms with Crippen LogP contribution in [0, 0.1) is 0 Å². The third-order valence-corrected chi connectivity index (χ3v) is 4.32. The van der Waals surface area contributed by atoms with E-state index in [-0.39, 0.29) is 11.2 Å². The van der Waals surface area contributed by atoms with Gasteiger partial charge in [-0.05, 0) is 30.7 Å². The van der Waals surface area contributed by atoms with Gasteiger partial charge in [-0.2, -0.15) is 0 Å². The van der Waals surface area contributed by atoms with Gasteiger partial charge in [0.15, 0.2) is 0 Å². The van der Waals surface area contributed by atoms with Gasteiger partial charge in [0.1, 0.15) is 0 Å². The molecule has 20 heavy (non-hydrogen) atoms. The highest BCUT2D eigenvalue weighted by Crippen LogP contribution is 2.23. The summed E-state index contributed by atoms with van der Waals surface area (Å²) in [6, 6.07) is 17.4. The Balaban J connectivity index is 1.87. The first-order chi connectivity index (χ1) is 9.66. The van der Waals surface area contributed by atoms with Gasteiger partial charge >= 0.3 is 0 Å². The number of nitrogens with one attached hydrogen (secondary N) is 1. The Morgan fingerprint density at radius 3 is 2.50 bits per heavy atom.